The third-order valence-electron chi connectivity index (χ3n) is 2.51. The second-order valence-electron chi connectivity index (χ2n) is 3.88. The van der Waals surface area contributed by atoms with Gasteiger partial charge in [0.05, 0.1) is 4.47 Å². The van der Waals surface area contributed by atoms with E-state index in [1.54, 1.807) is 0 Å². The number of rotatable bonds is 4. The lowest BCUT2D eigenvalue weighted by Gasteiger charge is -2.18. The summed E-state index contributed by atoms with van der Waals surface area (Å²) in [5.74, 6) is 2.50. The second-order valence-corrected chi connectivity index (χ2v) is 4.74. The molecule has 0 unspecified atom stereocenters. The molecule has 0 aliphatic heterocycles. The van der Waals surface area contributed by atoms with E-state index in [0.29, 0.717) is 12.5 Å². The molecule has 0 aromatic carbocycles. The summed E-state index contributed by atoms with van der Waals surface area (Å²) in [6, 6.07) is 0. The first kappa shape index (κ1) is 10.8. The first-order valence-electron chi connectivity index (χ1n) is 5.16. The zero-order chi connectivity index (χ0) is 10.8. The fourth-order valence-electron chi connectivity index (χ4n) is 1.48. The molecule has 1 saturated carbocycles. The molecule has 0 saturated heterocycles. The number of aromatic nitrogens is 2. The Bertz CT molecular complexity index is 351. The summed E-state index contributed by atoms with van der Waals surface area (Å²) in [6.07, 6.45) is 4.28. The summed E-state index contributed by atoms with van der Waals surface area (Å²) in [7, 11) is 2.00. The molecule has 4 nitrogen and oxygen atoms in total. The Balaban J connectivity index is 2.23. The number of nitrogens with two attached hydrogens (primary N) is 1. The van der Waals surface area contributed by atoms with Crippen molar-refractivity contribution in [2.75, 3.05) is 25.0 Å². The lowest BCUT2D eigenvalue weighted by Crippen LogP contribution is -2.26. The molecule has 1 aromatic rings. The minimum atomic E-state index is 0.586. The van der Waals surface area contributed by atoms with Gasteiger partial charge in [-0.2, -0.15) is 0 Å². The lowest BCUT2D eigenvalue weighted by molar-refractivity contribution is 0.835. The van der Waals surface area contributed by atoms with Crippen LogP contribution in [0, 0.1) is 0 Å². The number of hydrogen-bond donors (Lipinski definition) is 1. The third-order valence-corrected chi connectivity index (χ3v) is 3.07. The lowest BCUT2D eigenvalue weighted by atomic mass is 10.4. The van der Waals surface area contributed by atoms with Crippen LogP contribution < -0.4 is 10.6 Å². The number of anilines is 1. The van der Waals surface area contributed by atoms with Gasteiger partial charge in [0, 0.05) is 32.3 Å². The predicted molar refractivity (Wildman–Crippen MR) is 64.0 cm³/mol. The van der Waals surface area contributed by atoms with Gasteiger partial charge in [0.25, 0.3) is 0 Å². The standard InChI is InChI=1S/C10H15BrN4/c1-15(5-4-12)10-8(11)6-13-9(14-10)7-2-3-7/h6-7H,2-5,12H2,1H3. The van der Waals surface area contributed by atoms with Gasteiger partial charge in [-0.15, -0.1) is 0 Å². The maximum absolute atomic E-state index is 5.53. The van der Waals surface area contributed by atoms with Crippen LogP contribution in [0.15, 0.2) is 10.7 Å². The van der Waals surface area contributed by atoms with Gasteiger partial charge in [0.1, 0.15) is 11.6 Å². The predicted octanol–water partition coefficient (Wildman–Crippen LogP) is 1.51. The van der Waals surface area contributed by atoms with Crippen molar-refractivity contribution >= 4 is 21.7 Å². The van der Waals surface area contributed by atoms with E-state index in [1.807, 2.05) is 13.2 Å². The average Bonchev–Trinajstić information content (AvgIpc) is 3.02. The molecule has 1 fully saturated rings. The fourth-order valence-corrected chi connectivity index (χ4v) is 1.97. The Morgan fingerprint density at radius 3 is 2.93 bits per heavy atom. The van der Waals surface area contributed by atoms with E-state index in [4.69, 9.17) is 5.73 Å². The summed E-state index contributed by atoms with van der Waals surface area (Å²) >= 11 is 3.46. The second kappa shape index (κ2) is 4.45. The van der Waals surface area contributed by atoms with Crippen molar-refractivity contribution < 1.29 is 0 Å². The highest BCUT2D eigenvalue weighted by atomic mass is 79.9. The van der Waals surface area contributed by atoms with Crippen LogP contribution in [0.2, 0.25) is 0 Å². The fraction of sp³-hybridized carbons (Fsp3) is 0.600. The average molecular weight is 271 g/mol. The smallest absolute Gasteiger partial charge is 0.146 e. The molecule has 0 amide bonds. The summed E-state index contributed by atoms with van der Waals surface area (Å²) in [5, 5.41) is 0. The molecule has 82 valence electrons. The summed E-state index contributed by atoms with van der Waals surface area (Å²) < 4.78 is 0.933. The third kappa shape index (κ3) is 2.46. The van der Waals surface area contributed by atoms with Gasteiger partial charge in [-0.3, -0.25) is 0 Å². The van der Waals surface area contributed by atoms with E-state index in [2.05, 4.69) is 30.8 Å². The molecule has 0 bridgehead atoms. The number of nitrogens with zero attached hydrogens (tertiary/aromatic N) is 3. The molecule has 0 radical (unpaired) electrons. The van der Waals surface area contributed by atoms with Crippen LogP contribution in [-0.2, 0) is 0 Å². The van der Waals surface area contributed by atoms with E-state index in [-0.39, 0.29) is 0 Å². The molecule has 0 atom stereocenters. The number of likely N-dealkylation sites (N-methyl/N-ethyl adjacent to an activating group) is 1. The van der Waals surface area contributed by atoms with Crippen molar-refractivity contribution in [3.05, 3.63) is 16.5 Å². The largest absolute Gasteiger partial charge is 0.357 e. The van der Waals surface area contributed by atoms with Crippen LogP contribution in [0.1, 0.15) is 24.6 Å². The molecule has 1 heterocycles. The van der Waals surface area contributed by atoms with Gasteiger partial charge in [-0.25, -0.2) is 9.97 Å². The van der Waals surface area contributed by atoms with E-state index in [9.17, 15) is 0 Å². The Kier molecular flexibility index (Phi) is 3.21. The van der Waals surface area contributed by atoms with Gasteiger partial charge in [0.2, 0.25) is 0 Å². The summed E-state index contributed by atoms with van der Waals surface area (Å²) in [4.78, 5) is 10.9. The van der Waals surface area contributed by atoms with Crippen molar-refractivity contribution in [3.63, 3.8) is 0 Å². The maximum atomic E-state index is 5.53. The quantitative estimate of drug-likeness (QED) is 0.901. The van der Waals surface area contributed by atoms with Crippen LogP contribution in [-0.4, -0.2) is 30.1 Å². The first-order chi connectivity index (χ1) is 7.22. The molecule has 5 heteroatoms. The highest BCUT2D eigenvalue weighted by molar-refractivity contribution is 9.10. The van der Waals surface area contributed by atoms with Gasteiger partial charge in [0.15, 0.2) is 0 Å². The molecule has 2 N–H and O–H groups in total. The van der Waals surface area contributed by atoms with E-state index < -0.39 is 0 Å². The van der Waals surface area contributed by atoms with Crippen molar-refractivity contribution in [3.8, 4) is 0 Å². The van der Waals surface area contributed by atoms with Crippen molar-refractivity contribution in [1.82, 2.24) is 9.97 Å². The van der Waals surface area contributed by atoms with Crippen LogP contribution in [0.25, 0.3) is 0 Å². The van der Waals surface area contributed by atoms with Crippen molar-refractivity contribution in [1.29, 1.82) is 0 Å². The molecule has 1 aliphatic carbocycles. The monoisotopic (exact) mass is 270 g/mol. The number of halogens is 1. The summed E-state index contributed by atoms with van der Waals surface area (Å²) in [5.41, 5.74) is 5.53. The Morgan fingerprint density at radius 2 is 2.33 bits per heavy atom. The van der Waals surface area contributed by atoms with Gasteiger partial charge in [-0.05, 0) is 28.8 Å². The molecular formula is C10H15BrN4. The highest BCUT2D eigenvalue weighted by Crippen LogP contribution is 2.39. The van der Waals surface area contributed by atoms with Gasteiger partial charge < -0.3 is 10.6 Å². The summed E-state index contributed by atoms with van der Waals surface area (Å²) in [6.45, 7) is 1.44. The van der Waals surface area contributed by atoms with Crippen LogP contribution in [0.3, 0.4) is 0 Å². The van der Waals surface area contributed by atoms with Crippen LogP contribution in [0.4, 0.5) is 5.82 Å². The van der Waals surface area contributed by atoms with Gasteiger partial charge in [-0.1, -0.05) is 0 Å². The molecule has 0 spiro atoms. The molecule has 2 rings (SSSR count). The zero-order valence-electron chi connectivity index (χ0n) is 8.78. The van der Waals surface area contributed by atoms with Crippen LogP contribution >= 0.6 is 15.9 Å². The van der Waals surface area contributed by atoms with Crippen LogP contribution in [0.5, 0.6) is 0 Å². The van der Waals surface area contributed by atoms with E-state index >= 15 is 0 Å². The molecular weight excluding hydrogens is 256 g/mol. The Hall–Kier alpha value is -0.680. The zero-order valence-corrected chi connectivity index (χ0v) is 10.4. The highest BCUT2D eigenvalue weighted by Gasteiger charge is 2.27. The van der Waals surface area contributed by atoms with E-state index in [0.717, 1.165) is 22.7 Å². The Labute approximate surface area is 98.0 Å². The minimum Gasteiger partial charge on any atom is -0.357 e. The van der Waals surface area contributed by atoms with Crippen molar-refractivity contribution in [2.45, 2.75) is 18.8 Å². The topological polar surface area (TPSA) is 55.0 Å². The Morgan fingerprint density at radius 1 is 1.60 bits per heavy atom. The van der Waals surface area contributed by atoms with Crippen molar-refractivity contribution in [2.24, 2.45) is 5.73 Å². The SMILES string of the molecule is CN(CCN)c1nc(C2CC2)ncc1Br. The molecule has 15 heavy (non-hydrogen) atoms. The normalized spacial score (nSPS) is 15.4. The van der Waals surface area contributed by atoms with Gasteiger partial charge >= 0.3 is 0 Å². The van der Waals surface area contributed by atoms with E-state index in [1.165, 1.54) is 12.8 Å². The maximum Gasteiger partial charge on any atom is 0.146 e. The number of hydrogen-bond acceptors (Lipinski definition) is 4. The molecule has 1 aliphatic rings. The first-order valence-corrected chi connectivity index (χ1v) is 5.95. The molecule has 1 aromatic heterocycles. The minimum absolute atomic E-state index is 0.586.